The summed E-state index contributed by atoms with van der Waals surface area (Å²) in [5, 5.41) is 12.0. The third kappa shape index (κ3) is 4.21. The van der Waals surface area contributed by atoms with E-state index in [1.54, 1.807) is 17.9 Å². The summed E-state index contributed by atoms with van der Waals surface area (Å²) in [5.74, 6) is -0.985. The number of carboxylic acid groups (broad SMARTS) is 1. The van der Waals surface area contributed by atoms with Crippen molar-refractivity contribution in [2.24, 2.45) is 0 Å². The molecule has 0 atom stereocenters. The minimum absolute atomic E-state index is 0.0930. The van der Waals surface area contributed by atoms with Crippen molar-refractivity contribution in [2.75, 3.05) is 11.9 Å². The molecule has 2 N–H and O–H groups in total. The van der Waals surface area contributed by atoms with E-state index in [4.69, 9.17) is 0 Å². The standard InChI is InChI=1S/C16H24N2O3/c1-6-7-18(10(2)3)16(21)17-13-8-11(4)12(5)14(9-13)15(19)20/h8-10H,6-7H2,1-5H3,(H,17,21)(H,19,20). The predicted molar refractivity (Wildman–Crippen MR) is 84.0 cm³/mol. The summed E-state index contributed by atoms with van der Waals surface area (Å²) in [4.78, 5) is 25.3. The van der Waals surface area contributed by atoms with Crippen LogP contribution < -0.4 is 5.32 Å². The van der Waals surface area contributed by atoms with E-state index in [1.165, 1.54) is 6.07 Å². The molecule has 0 radical (unpaired) electrons. The van der Waals surface area contributed by atoms with Crippen LogP contribution in [0.1, 0.15) is 48.7 Å². The van der Waals surface area contributed by atoms with Crippen LogP contribution in [0.4, 0.5) is 10.5 Å². The third-order valence-corrected chi connectivity index (χ3v) is 3.50. The molecule has 5 heteroatoms. The molecular weight excluding hydrogens is 268 g/mol. The smallest absolute Gasteiger partial charge is 0.336 e. The molecule has 0 fully saturated rings. The van der Waals surface area contributed by atoms with Crippen molar-refractivity contribution >= 4 is 17.7 Å². The highest BCUT2D eigenvalue weighted by molar-refractivity contribution is 5.94. The van der Waals surface area contributed by atoms with E-state index >= 15 is 0 Å². The van der Waals surface area contributed by atoms with Crippen LogP contribution in [0.5, 0.6) is 0 Å². The first-order valence-electron chi connectivity index (χ1n) is 7.20. The lowest BCUT2D eigenvalue weighted by Gasteiger charge is -2.26. The molecule has 1 rings (SSSR count). The minimum Gasteiger partial charge on any atom is -0.478 e. The van der Waals surface area contributed by atoms with Crippen LogP contribution in [0.25, 0.3) is 0 Å². The molecule has 5 nitrogen and oxygen atoms in total. The maximum absolute atomic E-state index is 12.3. The Hall–Kier alpha value is -2.04. The fraction of sp³-hybridized carbons (Fsp3) is 0.500. The number of carbonyl (C=O) groups excluding carboxylic acids is 1. The van der Waals surface area contributed by atoms with E-state index in [1.807, 2.05) is 27.7 Å². The molecule has 0 saturated carbocycles. The molecule has 0 aliphatic heterocycles. The van der Waals surface area contributed by atoms with Crippen LogP contribution in [-0.2, 0) is 0 Å². The zero-order chi connectivity index (χ0) is 16.2. The Labute approximate surface area is 126 Å². The van der Waals surface area contributed by atoms with Gasteiger partial charge in [0, 0.05) is 18.3 Å². The van der Waals surface area contributed by atoms with Gasteiger partial charge in [-0.15, -0.1) is 0 Å². The molecule has 21 heavy (non-hydrogen) atoms. The molecule has 1 aromatic carbocycles. The van der Waals surface area contributed by atoms with Gasteiger partial charge in [-0.3, -0.25) is 0 Å². The number of carbonyl (C=O) groups is 2. The highest BCUT2D eigenvalue weighted by Crippen LogP contribution is 2.20. The van der Waals surface area contributed by atoms with E-state index in [0.717, 1.165) is 17.5 Å². The number of aryl methyl sites for hydroxylation is 1. The number of amides is 2. The van der Waals surface area contributed by atoms with Gasteiger partial charge in [0.05, 0.1) is 5.56 Å². The van der Waals surface area contributed by atoms with Gasteiger partial charge in [-0.1, -0.05) is 6.92 Å². The fourth-order valence-corrected chi connectivity index (χ4v) is 2.18. The van der Waals surface area contributed by atoms with E-state index in [9.17, 15) is 14.7 Å². The van der Waals surface area contributed by atoms with Crippen LogP contribution in [-0.4, -0.2) is 34.6 Å². The normalized spacial score (nSPS) is 10.6. The number of hydrogen-bond acceptors (Lipinski definition) is 2. The molecule has 2 amide bonds. The maximum Gasteiger partial charge on any atom is 0.336 e. The number of urea groups is 1. The third-order valence-electron chi connectivity index (χ3n) is 3.50. The Morgan fingerprint density at radius 2 is 1.90 bits per heavy atom. The largest absolute Gasteiger partial charge is 0.478 e. The molecule has 0 heterocycles. The molecule has 0 bridgehead atoms. The van der Waals surface area contributed by atoms with E-state index < -0.39 is 5.97 Å². The van der Waals surface area contributed by atoms with Gasteiger partial charge < -0.3 is 15.3 Å². The lowest BCUT2D eigenvalue weighted by atomic mass is 10.0. The van der Waals surface area contributed by atoms with E-state index in [-0.39, 0.29) is 17.6 Å². The lowest BCUT2D eigenvalue weighted by Crippen LogP contribution is -2.40. The zero-order valence-corrected chi connectivity index (χ0v) is 13.4. The van der Waals surface area contributed by atoms with Crippen molar-refractivity contribution in [1.29, 1.82) is 0 Å². The van der Waals surface area contributed by atoms with Crippen molar-refractivity contribution in [1.82, 2.24) is 4.90 Å². The Morgan fingerprint density at radius 1 is 1.29 bits per heavy atom. The van der Waals surface area contributed by atoms with Gasteiger partial charge in [0.15, 0.2) is 0 Å². The van der Waals surface area contributed by atoms with Gasteiger partial charge in [-0.05, 0) is 57.4 Å². The molecular formula is C16H24N2O3. The number of aromatic carboxylic acids is 1. The first-order chi connectivity index (χ1) is 9.77. The molecule has 0 aliphatic rings. The minimum atomic E-state index is -0.985. The second-order valence-electron chi connectivity index (χ2n) is 5.49. The van der Waals surface area contributed by atoms with Crippen molar-refractivity contribution in [3.63, 3.8) is 0 Å². The van der Waals surface area contributed by atoms with Crippen molar-refractivity contribution in [2.45, 2.75) is 47.1 Å². The summed E-state index contributed by atoms with van der Waals surface area (Å²) in [6.07, 6.45) is 0.874. The van der Waals surface area contributed by atoms with Crippen LogP contribution in [0.2, 0.25) is 0 Å². The quantitative estimate of drug-likeness (QED) is 0.870. The van der Waals surface area contributed by atoms with Gasteiger partial charge in [-0.2, -0.15) is 0 Å². The van der Waals surface area contributed by atoms with E-state index in [0.29, 0.717) is 12.2 Å². The van der Waals surface area contributed by atoms with Gasteiger partial charge >= 0.3 is 12.0 Å². The summed E-state index contributed by atoms with van der Waals surface area (Å²) < 4.78 is 0. The predicted octanol–water partition coefficient (Wildman–Crippen LogP) is 3.65. The average Bonchev–Trinajstić information content (AvgIpc) is 2.38. The molecule has 1 aromatic rings. The number of carboxylic acids is 1. The molecule has 0 unspecified atom stereocenters. The highest BCUT2D eigenvalue weighted by Gasteiger charge is 2.17. The first-order valence-corrected chi connectivity index (χ1v) is 7.20. The lowest BCUT2D eigenvalue weighted by molar-refractivity contribution is 0.0696. The van der Waals surface area contributed by atoms with E-state index in [2.05, 4.69) is 5.32 Å². The molecule has 116 valence electrons. The monoisotopic (exact) mass is 292 g/mol. The average molecular weight is 292 g/mol. The van der Waals surface area contributed by atoms with Crippen LogP contribution in [0, 0.1) is 13.8 Å². The summed E-state index contributed by atoms with van der Waals surface area (Å²) in [6, 6.07) is 3.19. The van der Waals surface area contributed by atoms with Crippen molar-refractivity contribution in [3.8, 4) is 0 Å². The molecule has 0 aliphatic carbocycles. The molecule has 0 saturated heterocycles. The van der Waals surface area contributed by atoms with Crippen LogP contribution >= 0.6 is 0 Å². The second-order valence-corrected chi connectivity index (χ2v) is 5.49. The summed E-state index contributed by atoms with van der Waals surface area (Å²) in [7, 11) is 0. The Kier molecular flexibility index (Phi) is 5.76. The number of benzene rings is 1. The SMILES string of the molecule is CCCN(C(=O)Nc1cc(C)c(C)c(C(=O)O)c1)C(C)C. The number of nitrogens with one attached hydrogen (secondary N) is 1. The fourth-order valence-electron chi connectivity index (χ4n) is 2.18. The number of hydrogen-bond donors (Lipinski definition) is 2. The first kappa shape index (κ1) is 17.0. The van der Waals surface area contributed by atoms with Gasteiger partial charge in [-0.25, -0.2) is 9.59 Å². The van der Waals surface area contributed by atoms with Crippen molar-refractivity contribution < 1.29 is 14.7 Å². The number of anilines is 1. The van der Waals surface area contributed by atoms with Gasteiger partial charge in [0.2, 0.25) is 0 Å². The number of nitrogens with zero attached hydrogens (tertiary/aromatic N) is 1. The van der Waals surface area contributed by atoms with Crippen LogP contribution in [0.15, 0.2) is 12.1 Å². The van der Waals surface area contributed by atoms with Crippen LogP contribution in [0.3, 0.4) is 0 Å². The Balaban J connectivity index is 3.02. The summed E-state index contributed by atoms with van der Waals surface area (Å²) in [5.41, 5.74) is 2.30. The van der Waals surface area contributed by atoms with Gasteiger partial charge in [0.1, 0.15) is 0 Å². The second kappa shape index (κ2) is 7.11. The maximum atomic E-state index is 12.3. The Morgan fingerprint density at radius 3 is 2.38 bits per heavy atom. The zero-order valence-electron chi connectivity index (χ0n) is 13.4. The summed E-state index contributed by atoms with van der Waals surface area (Å²) in [6.45, 7) is 10.2. The Bertz CT molecular complexity index is 539. The highest BCUT2D eigenvalue weighted by atomic mass is 16.4. The molecule has 0 spiro atoms. The van der Waals surface area contributed by atoms with Crippen molar-refractivity contribution in [3.05, 3.63) is 28.8 Å². The molecule has 0 aromatic heterocycles. The number of rotatable bonds is 5. The topological polar surface area (TPSA) is 69.6 Å². The van der Waals surface area contributed by atoms with Gasteiger partial charge in [0.25, 0.3) is 0 Å². The summed E-state index contributed by atoms with van der Waals surface area (Å²) >= 11 is 0.